The molecule has 2 aromatic carbocycles. The zero-order valence-corrected chi connectivity index (χ0v) is 14.1. The highest BCUT2D eigenvalue weighted by atomic mass is 16.5. The molecule has 0 aliphatic carbocycles. The van der Waals surface area contributed by atoms with Crippen molar-refractivity contribution >= 4 is 22.8 Å². The number of ether oxygens (including phenoxy) is 2. The Labute approximate surface area is 146 Å². The Morgan fingerprint density at radius 2 is 2.24 bits per heavy atom. The molecule has 1 heterocycles. The maximum Gasteiger partial charge on any atom is 0.262 e. The van der Waals surface area contributed by atoms with Gasteiger partial charge in [0.2, 0.25) is 0 Å². The number of nitrogens with one attached hydrogen (secondary N) is 1. The van der Waals surface area contributed by atoms with Crippen molar-refractivity contribution in [2.24, 2.45) is 0 Å². The van der Waals surface area contributed by atoms with Crippen LogP contribution in [-0.2, 0) is 9.53 Å². The molecule has 5 nitrogen and oxygen atoms in total. The van der Waals surface area contributed by atoms with E-state index >= 15 is 0 Å². The minimum atomic E-state index is -0.395. The number of nitriles is 1. The molecule has 1 saturated heterocycles. The number of fused-ring (bicyclic) bond motifs is 1. The van der Waals surface area contributed by atoms with Crippen LogP contribution in [0.5, 0.6) is 5.75 Å². The molecule has 0 aromatic heterocycles. The molecular formula is C20H20N2O3. The molecule has 1 aliphatic heterocycles. The Hall–Kier alpha value is -2.84. The van der Waals surface area contributed by atoms with Crippen LogP contribution in [0.15, 0.2) is 42.0 Å². The van der Waals surface area contributed by atoms with Gasteiger partial charge in [0.15, 0.2) is 0 Å². The summed E-state index contributed by atoms with van der Waals surface area (Å²) in [7, 11) is 1.57. The molecule has 1 aliphatic rings. The van der Waals surface area contributed by atoms with Crippen LogP contribution in [0.4, 0.5) is 0 Å². The van der Waals surface area contributed by atoms with Crippen molar-refractivity contribution < 1.29 is 14.3 Å². The lowest BCUT2D eigenvalue weighted by Crippen LogP contribution is -2.32. The van der Waals surface area contributed by atoms with E-state index in [0.717, 1.165) is 35.8 Å². The second-order valence-corrected chi connectivity index (χ2v) is 5.92. The van der Waals surface area contributed by atoms with E-state index in [1.165, 1.54) is 0 Å². The van der Waals surface area contributed by atoms with Gasteiger partial charge in [0, 0.05) is 18.7 Å². The van der Waals surface area contributed by atoms with Crippen molar-refractivity contribution in [3.8, 4) is 11.8 Å². The molecule has 1 fully saturated rings. The molecule has 0 unspecified atom stereocenters. The number of amides is 1. The largest absolute Gasteiger partial charge is 0.496 e. The number of benzene rings is 2. The van der Waals surface area contributed by atoms with Crippen LogP contribution in [0.1, 0.15) is 18.4 Å². The number of rotatable bonds is 5. The second-order valence-electron chi connectivity index (χ2n) is 5.92. The number of hydrogen-bond donors (Lipinski definition) is 1. The van der Waals surface area contributed by atoms with Crippen LogP contribution >= 0.6 is 0 Å². The van der Waals surface area contributed by atoms with E-state index in [-0.39, 0.29) is 11.7 Å². The molecular weight excluding hydrogens is 316 g/mol. The summed E-state index contributed by atoms with van der Waals surface area (Å²) in [4.78, 5) is 12.4. The minimum Gasteiger partial charge on any atom is -0.496 e. The van der Waals surface area contributed by atoms with E-state index in [1.54, 1.807) is 13.2 Å². The van der Waals surface area contributed by atoms with Gasteiger partial charge in [-0.2, -0.15) is 5.26 Å². The Bertz CT molecular complexity index is 846. The number of hydrogen-bond acceptors (Lipinski definition) is 4. The molecule has 1 atom stereocenters. The lowest BCUT2D eigenvalue weighted by molar-refractivity contribution is -0.117. The quantitative estimate of drug-likeness (QED) is 0.673. The monoisotopic (exact) mass is 336 g/mol. The summed E-state index contributed by atoms with van der Waals surface area (Å²) in [5.74, 6) is 0.228. The van der Waals surface area contributed by atoms with E-state index in [4.69, 9.17) is 9.47 Å². The van der Waals surface area contributed by atoms with E-state index in [9.17, 15) is 10.1 Å². The molecule has 1 amide bonds. The van der Waals surface area contributed by atoms with Crippen molar-refractivity contribution in [3.63, 3.8) is 0 Å². The fourth-order valence-electron chi connectivity index (χ4n) is 3.00. The third-order valence-electron chi connectivity index (χ3n) is 4.32. The first-order chi connectivity index (χ1) is 12.2. The van der Waals surface area contributed by atoms with E-state index in [0.29, 0.717) is 12.3 Å². The minimum absolute atomic E-state index is 0.0379. The van der Waals surface area contributed by atoms with E-state index in [1.807, 2.05) is 42.5 Å². The predicted octanol–water partition coefficient (Wildman–Crippen LogP) is 3.05. The summed E-state index contributed by atoms with van der Waals surface area (Å²) >= 11 is 0. The summed E-state index contributed by atoms with van der Waals surface area (Å²) in [6.07, 6.45) is 3.57. The summed E-state index contributed by atoms with van der Waals surface area (Å²) in [5, 5.41) is 14.2. The Balaban J connectivity index is 1.89. The van der Waals surface area contributed by atoms with Gasteiger partial charge in [0.05, 0.1) is 13.2 Å². The van der Waals surface area contributed by atoms with Crippen LogP contribution in [0, 0.1) is 11.3 Å². The molecule has 25 heavy (non-hydrogen) atoms. The highest BCUT2D eigenvalue weighted by Gasteiger charge is 2.18. The van der Waals surface area contributed by atoms with Gasteiger partial charge in [0.25, 0.3) is 5.91 Å². The van der Waals surface area contributed by atoms with Gasteiger partial charge < -0.3 is 14.8 Å². The van der Waals surface area contributed by atoms with Gasteiger partial charge in [-0.05, 0) is 35.8 Å². The lowest BCUT2D eigenvalue weighted by Gasteiger charge is -2.11. The zero-order chi connectivity index (χ0) is 17.6. The molecule has 0 spiro atoms. The first-order valence-electron chi connectivity index (χ1n) is 8.30. The topological polar surface area (TPSA) is 71.3 Å². The second kappa shape index (κ2) is 7.82. The molecule has 128 valence electrons. The molecule has 0 bridgehead atoms. The van der Waals surface area contributed by atoms with Gasteiger partial charge in [-0.15, -0.1) is 0 Å². The molecule has 3 rings (SSSR count). The van der Waals surface area contributed by atoms with Crippen molar-refractivity contribution in [2.75, 3.05) is 20.3 Å². The van der Waals surface area contributed by atoms with Crippen molar-refractivity contribution in [1.82, 2.24) is 5.32 Å². The third-order valence-corrected chi connectivity index (χ3v) is 4.32. The SMILES string of the molecule is COc1ccc2ccccc2c1/C=C(/C#N)C(=O)NC[C@@H]1CCCO1. The van der Waals surface area contributed by atoms with Crippen LogP contribution in [0.3, 0.4) is 0 Å². The zero-order valence-electron chi connectivity index (χ0n) is 14.1. The fraction of sp³-hybridized carbons (Fsp3) is 0.300. The molecule has 0 saturated carbocycles. The van der Waals surface area contributed by atoms with Gasteiger partial charge in [-0.1, -0.05) is 30.3 Å². The molecule has 1 N–H and O–H groups in total. The first kappa shape index (κ1) is 17.0. The molecule has 5 heteroatoms. The Kier molecular flexibility index (Phi) is 5.32. The Morgan fingerprint density at radius 1 is 1.40 bits per heavy atom. The Morgan fingerprint density at radius 3 is 2.96 bits per heavy atom. The fourth-order valence-corrected chi connectivity index (χ4v) is 3.00. The maximum atomic E-state index is 12.4. The predicted molar refractivity (Wildman–Crippen MR) is 96.1 cm³/mol. The summed E-state index contributed by atoms with van der Waals surface area (Å²) < 4.78 is 10.9. The summed E-state index contributed by atoms with van der Waals surface area (Å²) in [5.41, 5.74) is 0.775. The van der Waals surface area contributed by atoms with Gasteiger partial charge in [-0.3, -0.25) is 4.79 Å². The highest BCUT2D eigenvalue weighted by Crippen LogP contribution is 2.30. The highest BCUT2D eigenvalue weighted by molar-refractivity contribution is 6.05. The van der Waals surface area contributed by atoms with E-state index < -0.39 is 5.91 Å². The number of carbonyl (C=O) groups excluding carboxylic acids is 1. The first-order valence-corrected chi connectivity index (χ1v) is 8.30. The normalized spacial score (nSPS) is 17.3. The van der Waals surface area contributed by atoms with Crippen molar-refractivity contribution in [2.45, 2.75) is 18.9 Å². The summed E-state index contributed by atoms with van der Waals surface area (Å²) in [6, 6.07) is 13.6. The van der Waals surface area contributed by atoms with Gasteiger partial charge >= 0.3 is 0 Å². The number of nitrogens with zero attached hydrogens (tertiary/aromatic N) is 1. The standard InChI is InChI=1S/C20H20N2O3/c1-24-19-9-8-14-5-2-3-7-17(14)18(19)11-15(12-21)20(23)22-13-16-6-4-10-25-16/h2-3,5,7-9,11,16H,4,6,10,13H2,1H3,(H,22,23)/b15-11-/t16-/m0/s1. The number of carbonyl (C=O) groups is 1. The lowest BCUT2D eigenvalue weighted by atomic mass is 10.0. The number of methoxy groups -OCH3 is 1. The van der Waals surface area contributed by atoms with Gasteiger partial charge in [0.1, 0.15) is 17.4 Å². The van der Waals surface area contributed by atoms with Crippen LogP contribution < -0.4 is 10.1 Å². The maximum absolute atomic E-state index is 12.4. The molecule has 2 aromatic rings. The van der Waals surface area contributed by atoms with E-state index in [2.05, 4.69) is 5.32 Å². The third kappa shape index (κ3) is 3.81. The van der Waals surface area contributed by atoms with Crippen LogP contribution in [0.25, 0.3) is 16.8 Å². The summed E-state index contributed by atoms with van der Waals surface area (Å²) in [6.45, 7) is 1.15. The smallest absolute Gasteiger partial charge is 0.262 e. The van der Waals surface area contributed by atoms with Crippen LogP contribution in [0.2, 0.25) is 0 Å². The average molecular weight is 336 g/mol. The van der Waals surface area contributed by atoms with Gasteiger partial charge in [-0.25, -0.2) is 0 Å². The van der Waals surface area contributed by atoms with Crippen molar-refractivity contribution in [1.29, 1.82) is 5.26 Å². The molecule has 0 radical (unpaired) electrons. The van der Waals surface area contributed by atoms with Crippen LogP contribution in [-0.4, -0.2) is 32.3 Å². The average Bonchev–Trinajstić information content (AvgIpc) is 3.17. The van der Waals surface area contributed by atoms with Crippen molar-refractivity contribution in [3.05, 3.63) is 47.5 Å².